The summed E-state index contributed by atoms with van der Waals surface area (Å²) in [6.07, 6.45) is 2.27. The Hall–Kier alpha value is -2.34. The Morgan fingerprint density at radius 2 is 1.17 bits per heavy atom. The van der Waals surface area contributed by atoms with E-state index in [4.69, 9.17) is 0 Å². The van der Waals surface area contributed by atoms with E-state index < -0.39 is 0 Å². The van der Waals surface area contributed by atoms with Crippen LogP contribution in [0.25, 0.3) is 22.4 Å². The first-order valence-corrected chi connectivity index (χ1v) is 6.22. The fraction of sp³-hybridized carbons (Fsp3) is 0. The molecule has 0 heterocycles. The number of fused-ring (bicyclic) bond motifs is 2. The summed E-state index contributed by atoms with van der Waals surface area (Å²) in [4.78, 5) is 0. The van der Waals surface area contributed by atoms with Crippen molar-refractivity contribution in [3.8, 4) is 0 Å². The Labute approximate surface area is 106 Å². The minimum Gasteiger partial charge on any atom is -0.0622 e. The molecule has 84 valence electrons. The fourth-order valence-corrected chi connectivity index (χ4v) is 2.50. The minimum atomic E-state index is 1.27. The Kier molecular flexibility index (Phi) is 1.92. The predicted octanol–water partition coefficient (Wildman–Crippen LogP) is 4.74. The maximum atomic E-state index is 2.29. The lowest BCUT2D eigenvalue weighted by molar-refractivity contribution is 1.67. The van der Waals surface area contributed by atoms with Gasteiger partial charge in [0.1, 0.15) is 0 Å². The van der Waals surface area contributed by atoms with Gasteiger partial charge in [-0.3, -0.25) is 0 Å². The van der Waals surface area contributed by atoms with Crippen molar-refractivity contribution in [1.29, 1.82) is 0 Å². The third-order valence-electron chi connectivity index (χ3n) is 3.51. The van der Waals surface area contributed by atoms with E-state index in [1.54, 1.807) is 0 Å². The van der Waals surface area contributed by atoms with Crippen LogP contribution in [0.3, 0.4) is 0 Å². The maximum absolute atomic E-state index is 2.29. The number of hydrogen-bond donors (Lipinski definition) is 0. The monoisotopic (exact) mass is 228 g/mol. The predicted molar refractivity (Wildman–Crippen MR) is 77.4 cm³/mol. The average Bonchev–Trinajstić information content (AvgIpc) is 3.09. The maximum Gasteiger partial charge on any atom is -0.00923 e. The van der Waals surface area contributed by atoms with Gasteiger partial charge in [-0.15, -0.1) is 0 Å². The molecule has 0 atom stereocenters. The summed E-state index contributed by atoms with van der Waals surface area (Å²) in [5.74, 6) is 0. The molecule has 0 unspecified atom stereocenters. The lowest BCUT2D eigenvalue weighted by Gasteiger charge is -1.91. The van der Waals surface area contributed by atoms with Crippen LogP contribution in [0, 0.1) is 0 Å². The van der Waals surface area contributed by atoms with Crippen LogP contribution in [0.5, 0.6) is 0 Å². The van der Waals surface area contributed by atoms with Gasteiger partial charge in [-0.1, -0.05) is 54.6 Å². The van der Waals surface area contributed by atoms with Gasteiger partial charge in [0.05, 0.1) is 0 Å². The SMILES string of the molecule is C(=C1c2cc3ccccc3cc21)c1ccccc1. The second kappa shape index (κ2) is 3.58. The van der Waals surface area contributed by atoms with Crippen LogP contribution in [-0.2, 0) is 0 Å². The second-order valence-electron chi connectivity index (χ2n) is 4.71. The topological polar surface area (TPSA) is 0 Å². The average molecular weight is 228 g/mol. The number of benzene rings is 3. The molecule has 0 aromatic heterocycles. The van der Waals surface area contributed by atoms with E-state index in [0.717, 1.165) is 0 Å². The highest BCUT2D eigenvalue weighted by Gasteiger charge is 2.24. The Morgan fingerprint density at radius 1 is 0.611 bits per heavy atom. The summed E-state index contributed by atoms with van der Waals surface area (Å²) < 4.78 is 0. The van der Waals surface area contributed by atoms with Gasteiger partial charge in [-0.05, 0) is 51.2 Å². The molecule has 0 radical (unpaired) electrons. The first kappa shape index (κ1) is 9.67. The van der Waals surface area contributed by atoms with Crippen LogP contribution >= 0.6 is 0 Å². The van der Waals surface area contributed by atoms with Gasteiger partial charge >= 0.3 is 0 Å². The van der Waals surface area contributed by atoms with E-state index in [-0.39, 0.29) is 0 Å². The van der Waals surface area contributed by atoms with Gasteiger partial charge < -0.3 is 0 Å². The molecule has 0 heteroatoms. The molecule has 1 aliphatic rings. The lowest BCUT2D eigenvalue weighted by atomic mass is 10.1. The molecule has 0 saturated carbocycles. The molecule has 0 nitrogen and oxygen atoms in total. The molecular weight excluding hydrogens is 216 g/mol. The quantitative estimate of drug-likeness (QED) is 0.441. The highest BCUT2D eigenvalue weighted by molar-refractivity contribution is 6.11. The summed E-state index contributed by atoms with van der Waals surface area (Å²) in [6.45, 7) is 0. The van der Waals surface area contributed by atoms with E-state index in [9.17, 15) is 0 Å². The van der Waals surface area contributed by atoms with Crippen molar-refractivity contribution in [3.63, 3.8) is 0 Å². The first-order valence-electron chi connectivity index (χ1n) is 6.22. The summed E-state index contributed by atoms with van der Waals surface area (Å²) in [7, 11) is 0. The molecule has 0 amide bonds. The molecule has 0 fully saturated rings. The van der Waals surface area contributed by atoms with Crippen molar-refractivity contribution >= 4 is 22.4 Å². The molecule has 4 rings (SSSR count). The highest BCUT2D eigenvalue weighted by atomic mass is 14.3. The molecule has 0 N–H and O–H groups in total. The summed E-state index contributed by atoms with van der Waals surface area (Å²) >= 11 is 0. The molecule has 1 aliphatic carbocycles. The Bertz CT molecular complexity index is 720. The minimum absolute atomic E-state index is 1.27. The van der Waals surface area contributed by atoms with Crippen LogP contribution in [0.4, 0.5) is 0 Å². The van der Waals surface area contributed by atoms with Crippen molar-refractivity contribution in [2.24, 2.45) is 0 Å². The van der Waals surface area contributed by atoms with Crippen LogP contribution in [0.1, 0.15) is 16.7 Å². The van der Waals surface area contributed by atoms with Gasteiger partial charge in [-0.2, -0.15) is 0 Å². The van der Waals surface area contributed by atoms with Gasteiger partial charge in [0, 0.05) is 0 Å². The summed E-state index contributed by atoms with van der Waals surface area (Å²) in [5, 5.41) is 2.65. The van der Waals surface area contributed by atoms with E-state index in [1.807, 2.05) is 0 Å². The zero-order valence-corrected chi connectivity index (χ0v) is 9.93. The van der Waals surface area contributed by atoms with Crippen molar-refractivity contribution in [2.45, 2.75) is 0 Å². The first-order chi connectivity index (χ1) is 8.92. The van der Waals surface area contributed by atoms with Crippen LogP contribution in [0.2, 0.25) is 0 Å². The smallest absolute Gasteiger partial charge is 0.00923 e. The molecule has 0 saturated heterocycles. The lowest BCUT2D eigenvalue weighted by Crippen LogP contribution is -1.67. The van der Waals surface area contributed by atoms with E-state index in [1.165, 1.54) is 33.0 Å². The zero-order chi connectivity index (χ0) is 11.9. The van der Waals surface area contributed by atoms with Gasteiger partial charge in [0.15, 0.2) is 0 Å². The third-order valence-corrected chi connectivity index (χ3v) is 3.51. The van der Waals surface area contributed by atoms with Crippen molar-refractivity contribution in [1.82, 2.24) is 0 Å². The molecule has 3 aromatic rings. The van der Waals surface area contributed by atoms with Crippen molar-refractivity contribution in [3.05, 3.63) is 83.4 Å². The zero-order valence-electron chi connectivity index (χ0n) is 9.93. The third kappa shape index (κ3) is 1.46. The molecule has 18 heavy (non-hydrogen) atoms. The molecule has 0 spiro atoms. The molecule has 3 aromatic carbocycles. The molecular formula is C18H12. The second-order valence-corrected chi connectivity index (χ2v) is 4.71. The van der Waals surface area contributed by atoms with E-state index in [0.29, 0.717) is 0 Å². The molecule has 0 aliphatic heterocycles. The number of rotatable bonds is 1. The van der Waals surface area contributed by atoms with E-state index >= 15 is 0 Å². The van der Waals surface area contributed by atoms with Crippen molar-refractivity contribution < 1.29 is 0 Å². The van der Waals surface area contributed by atoms with E-state index in [2.05, 4.69) is 72.8 Å². The summed E-state index contributed by atoms with van der Waals surface area (Å²) in [6, 6.07) is 23.6. The fourth-order valence-electron chi connectivity index (χ4n) is 2.50. The molecule has 0 bridgehead atoms. The largest absolute Gasteiger partial charge is 0.0622 e. The van der Waals surface area contributed by atoms with Crippen LogP contribution in [0.15, 0.2) is 66.7 Å². The highest BCUT2D eigenvalue weighted by Crippen LogP contribution is 2.45. The van der Waals surface area contributed by atoms with Gasteiger partial charge in [-0.25, -0.2) is 0 Å². The van der Waals surface area contributed by atoms with Crippen LogP contribution < -0.4 is 0 Å². The standard InChI is InChI=1S/C18H12/c1-2-6-13(7-3-1)10-16-17-11-14-8-4-5-9-15(14)12-18(16)17/h1-12H. The Morgan fingerprint density at radius 3 is 1.78 bits per heavy atom. The van der Waals surface area contributed by atoms with Crippen molar-refractivity contribution in [2.75, 3.05) is 0 Å². The summed E-state index contributed by atoms with van der Waals surface area (Å²) in [5.41, 5.74) is 5.46. The van der Waals surface area contributed by atoms with Crippen LogP contribution in [-0.4, -0.2) is 0 Å². The van der Waals surface area contributed by atoms with Gasteiger partial charge in [0.2, 0.25) is 0 Å². The normalized spacial score (nSPS) is 12.3. The number of hydrogen-bond acceptors (Lipinski definition) is 0. The Balaban J connectivity index is 1.82. The van der Waals surface area contributed by atoms with Gasteiger partial charge in [0.25, 0.3) is 0 Å².